The fourth-order valence-corrected chi connectivity index (χ4v) is 2.88. The van der Waals surface area contributed by atoms with E-state index in [4.69, 9.17) is 0 Å². The molecule has 0 spiro atoms. The van der Waals surface area contributed by atoms with E-state index in [0.717, 1.165) is 11.3 Å². The number of hydrogen-bond donors (Lipinski definition) is 0. The summed E-state index contributed by atoms with van der Waals surface area (Å²) in [7, 11) is 0.387. The Kier molecular flexibility index (Phi) is 3.15. The second-order valence-electron chi connectivity index (χ2n) is 3.37. The van der Waals surface area contributed by atoms with E-state index in [1.165, 1.54) is 11.2 Å². The molecule has 2 unspecified atom stereocenters. The summed E-state index contributed by atoms with van der Waals surface area (Å²) in [5, 5.41) is 18.8. The van der Waals surface area contributed by atoms with Crippen LogP contribution >= 0.6 is 11.3 Å². The first-order chi connectivity index (χ1) is 8.00. The van der Waals surface area contributed by atoms with Crippen LogP contribution in [0.1, 0.15) is 5.01 Å². The molecule has 0 aliphatic carbocycles. The van der Waals surface area contributed by atoms with Gasteiger partial charge in [-0.25, -0.2) is 0 Å². The Morgan fingerprint density at radius 3 is 2.76 bits per heavy atom. The van der Waals surface area contributed by atoms with Crippen molar-refractivity contribution in [1.82, 2.24) is 15.1 Å². The van der Waals surface area contributed by atoms with Gasteiger partial charge in [0.05, 0.1) is 10.8 Å². The Bertz CT molecular complexity index is 513. The van der Waals surface area contributed by atoms with Crippen LogP contribution in [0.4, 0.5) is 0 Å². The van der Waals surface area contributed by atoms with E-state index in [9.17, 15) is 14.3 Å². The zero-order chi connectivity index (χ0) is 12.6. The van der Waals surface area contributed by atoms with Crippen LogP contribution in [-0.4, -0.2) is 56.1 Å². The SMILES string of the molecule is CN1C(c2nnc(S(C)=O)s2)=NCC1[N+](=O)[O-]. The predicted octanol–water partition coefficient (Wildman–Crippen LogP) is -0.430. The lowest BCUT2D eigenvalue weighted by Gasteiger charge is -2.14. The van der Waals surface area contributed by atoms with Gasteiger partial charge in [-0.1, -0.05) is 11.3 Å². The van der Waals surface area contributed by atoms with Crippen LogP contribution in [0.2, 0.25) is 0 Å². The van der Waals surface area contributed by atoms with Gasteiger partial charge in [-0.05, 0) is 0 Å². The summed E-state index contributed by atoms with van der Waals surface area (Å²) in [6, 6.07) is 0. The average molecular weight is 275 g/mol. The van der Waals surface area contributed by atoms with Crippen LogP contribution in [0.15, 0.2) is 9.33 Å². The van der Waals surface area contributed by atoms with E-state index in [1.54, 1.807) is 7.05 Å². The molecule has 0 N–H and O–H groups in total. The van der Waals surface area contributed by atoms with Crippen LogP contribution in [0.3, 0.4) is 0 Å². The minimum Gasteiger partial charge on any atom is -0.294 e. The summed E-state index contributed by atoms with van der Waals surface area (Å²) >= 11 is 1.14. The van der Waals surface area contributed by atoms with Crippen molar-refractivity contribution >= 4 is 28.0 Å². The molecular formula is C7H9N5O3S2. The number of rotatable bonds is 3. The lowest BCUT2D eigenvalue weighted by Crippen LogP contribution is -2.38. The molecule has 2 rings (SSSR count). The van der Waals surface area contributed by atoms with Crippen LogP contribution in [0.25, 0.3) is 0 Å². The van der Waals surface area contributed by atoms with Gasteiger partial charge in [0.15, 0.2) is 10.8 Å². The van der Waals surface area contributed by atoms with Crippen molar-refractivity contribution in [2.75, 3.05) is 19.8 Å². The summed E-state index contributed by atoms with van der Waals surface area (Å²) in [4.78, 5) is 15.8. The molecule has 92 valence electrons. The first kappa shape index (κ1) is 12.0. The minimum atomic E-state index is -1.20. The van der Waals surface area contributed by atoms with Crippen molar-refractivity contribution in [3.8, 4) is 0 Å². The Labute approximate surface area is 103 Å². The van der Waals surface area contributed by atoms with E-state index in [0.29, 0.717) is 15.2 Å². The third-order valence-electron chi connectivity index (χ3n) is 2.27. The average Bonchev–Trinajstić information content (AvgIpc) is 2.82. The van der Waals surface area contributed by atoms with Gasteiger partial charge >= 0.3 is 6.17 Å². The normalized spacial score (nSPS) is 21.4. The highest BCUT2D eigenvalue weighted by molar-refractivity contribution is 7.86. The van der Waals surface area contributed by atoms with Crippen LogP contribution in [0.5, 0.6) is 0 Å². The molecule has 1 aromatic heterocycles. The topological polar surface area (TPSA) is 102 Å². The standard InChI is InChI=1S/C7H9N5O3S2/c1-11-4(12(13)14)3-8-5(11)6-9-10-7(16-6)17(2)15/h4H,3H2,1-2H3. The number of aromatic nitrogens is 2. The van der Waals surface area contributed by atoms with Gasteiger partial charge in [0.1, 0.15) is 6.54 Å². The molecule has 0 bridgehead atoms. The molecule has 0 radical (unpaired) electrons. The molecule has 1 aliphatic heterocycles. The van der Waals surface area contributed by atoms with E-state index in [1.807, 2.05) is 0 Å². The van der Waals surface area contributed by atoms with Gasteiger partial charge in [0.2, 0.25) is 4.34 Å². The molecule has 0 saturated heterocycles. The number of amidine groups is 1. The van der Waals surface area contributed by atoms with E-state index < -0.39 is 21.9 Å². The van der Waals surface area contributed by atoms with Crippen molar-refractivity contribution in [2.45, 2.75) is 10.5 Å². The van der Waals surface area contributed by atoms with Gasteiger partial charge < -0.3 is 0 Å². The molecule has 0 saturated carbocycles. The van der Waals surface area contributed by atoms with Gasteiger partial charge in [-0.15, -0.1) is 10.2 Å². The molecule has 10 heteroatoms. The first-order valence-electron chi connectivity index (χ1n) is 4.58. The Morgan fingerprint density at radius 1 is 1.59 bits per heavy atom. The van der Waals surface area contributed by atoms with Crippen molar-refractivity contribution in [3.05, 3.63) is 15.1 Å². The summed E-state index contributed by atoms with van der Waals surface area (Å²) in [6.07, 6.45) is 0.647. The maximum atomic E-state index is 11.2. The van der Waals surface area contributed by atoms with E-state index in [-0.39, 0.29) is 6.54 Å². The van der Waals surface area contributed by atoms with Crippen molar-refractivity contribution in [3.63, 3.8) is 0 Å². The molecule has 2 atom stereocenters. The Balaban J connectivity index is 2.24. The molecule has 8 nitrogen and oxygen atoms in total. The number of nitro groups is 1. The van der Waals surface area contributed by atoms with Crippen molar-refractivity contribution < 1.29 is 9.13 Å². The highest BCUT2D eigenvalue weighted by atomic mass is 32.2. The molecule has 1 aromatic rings. The second-order valence-corrected chi connectivity index (χ2v) is 5.90. The van der Waals surface area contributed by atoms with Gasteiger partial charge in [0, 0.05) is 18.2 Å². The van der Waals surface area contributed by atoms with E-state index >= 15 is 0 Å². The van der Waals surface area contributed by atoms with Crippen molar-refractivity contribution in [2.24, 2.45) is 4.99 Å². The Morgan fingerprint density at radius 2 is 2.29 bits per heavy atom. The number of nitrogens with zero attached hydrogens (tertiary/aromatic N) is 5. The maximum Gasteiger partial charge on any atom is 0.307 e. The maximum absolute atomic E-state index is 11.2. The smallest absolute Gasteiger partial charge is 0.294 e. The molecule has 0 aromatic carbocycles. The molecule has 1 aliphatic rings. The van der Waals surface area contributed by atoms with Gasteiger partial charge in [-0.3, -0.25) is 24.2 Å². The van der Waals surface area contributed by atoms with Crippen LogP contribution < -0.4 is 0 Å². The second kappa shape index (κ2) is 4.45. The summed E-state index contributed by atoms with van der Waals surface area (Å²) in [5.41, 5.74) is 0. The number of hydrogen-bond acceptors (Lipinski definition) is 8. The van der Waals surface area contributed by atoms with Crippen LogP contribution in [0, 0.1) is 10.1 Å². The zero-order valence-corrected chi connectivity index (χ0v) is 10.7. The lowest BCUT2D eigenvalue weighted by molar-refractivity contribution is -0.537. The highest BCUT2D eigenvalue weighted by Crippen LogP contribution is 2.19. The Hall–Kier alpha value is -1.42. The fraction of sp³-hybridized carbons (Fsp3) is 0.571. The quantitative estimate of drug-likeness (QED) is 0.548. The molecular weight excluding hydrogens is 266 g/mol. The predicted molar refractivity (Wildman–Crippen MR) is 62.2 cm³/mol. The fourth-order valence-electron chi connectivity index (χ4n) is 1.39. The summed E-state index contributed by atoms with van der Waals surface area (Å²) in [6.45, 7) is 0.100. The third kappa shape index (κ3) is 2.17. The largest absolute Gasteiger partial charge is 0.307 e. The van der Waals surface area contributed by atoms with Crippen molar-refractivity contribution in [1.29, 1.82) is 0 Å². The van der Waals surface area contributed by atoms with E-state index in [2.05, 4.69) is 15.2 Å². The lowest BCUT2D eigenvalue weighted by atomic mass is 10.5. The molecule has 2 heterocycles. The molecule has 0 amide bonds. The van der Waals surface area contributed by atoms with Crippen LogP contribution in [-0.2, 0) is 10.8 Å². The van der Waals surface area contributed by atoms with Gasteiger partial charge in [-0.2, -0.15) is 0 Å². The monoisotopic (exact) mass is 275 g/mol. The minimum absolute atomic E-state index is 0.100. The summed E-state index contributed by atoms with van der Waals surface area (Å²) < 4.78 is 11.6. The molecule has 0 fully saturated rings. The summed E-state index contributed by atoms with van der Waals surface area (Å²) in [5.74, 6) is 0.431. The number of aliphatic imine (C=N–C) groups is 1. The first-order valence-corrected chi connectivity index (χ1v) is 6.96. The third-order valence-corrected chi connectivity index (χ3v) is 4.51. The zero-order valence-electron chi connectivity index (χ0n) is 9.06. The van der Waals surface area contributed by atoms with Gasteiger partial charge in [0.25, 0.3) is 0 Å². The number of likely N-dealkylation sites (N-methyl/N-ethyl adjacent to an activating group) is 1. The molecule has 17 heavy (non-hydrogen) atoms. The highest BCUT2D eigenvalue weighted by Gasteiger charge is 2.35.